The Bertz CT molecular complexity index is 1150. The van der Waals surface area contributed by atoms with Gasteiger partial charge in [-0.05, 0) is 57.5 Å². The SMILES string of the molecule is C=N/C(=C\C=C(/C)F)Nc1nn(CC(F)(F)F)c2cc(C(=O)N3C4CCC3CC(O)C4)ncc12. The second-order valence-corrected chi connectivity index (χ2v) is 8.52. The molecule has 0 aromatic carbocycles. The van der Waals surface area contributed by atoms with Gasteiger partial charge in [0.15, 0.2) is 5.82 Å². The maximum atomic E-state index is 13.2. The fourth-order valence-electron chi connectivity index (χ4n) is 4.63. The van der Waals surface area contributed by atoms with Crippen LogP contribution in [0.5, 0.6) is 0 Å². The summed E-state index contributed by atoms with van der Waals surface area (Å²) in [6.45, 7) is 3.21. The van der Waals surface area contributed by atoms with Crippen molar-refractivity contribution in [2.45, 2.75) is 63.5 Å². The third-order valence-corrected chi connectivity index (χ3v) is 6.01. The molecular weight excluding hydrogens is 456 g/mol. The average Bonchev–Trinajstić information content (AvgIpc) is 3.23. The van der Waals surface area contributed by atoms with Gasteiger partial charge in [0, 0.05) is 18.3 Å². The first kappa shape index (κ1) is 23.9. The smallest absolute Gasteiger partial charge is 0.393 e. The van der Waals surface area contributed by atoms with E-state index in [4.69, 9.17) is 0 Å². The van der Waals surface area contributed by atoms with Gasteiger partial charge in [-0.2, -0.15) is 18.3 Å². The van der Waals surface area contributed by atoms with E-state index >= 15 is 0 Å². The monoisotopic (exact) mass is 480 g/mol. The average molecular weight is 480 g/mol. The number of amides is 1. The molecule has 12 heteroatoms. The van der Waals surface area contributed by atoms with Gasteiger partial charge in [-0.25, -0.2) is 9.38 Å². The van der Waals surface area contributed by atoms with Gasteiger partial charge in [-0.15, -0.1) is 0 Å². The number of fused-ring (bicyclic) bond motifs is 3. The minimum Gasteiger partial charge on any atom is -0.393 e. The number of aromatic nitrogens is 3. The number of aliphatic hydroxyl groups is 1. The van der Waals surface area contributed by atoms with Crippen LogP contribution in [-0.4, -0.2) is 61.8 Å². The molecule has 4 rings (SSSR count). The predicted octanol–water partition coefficient (Wildman–Crippen LogP) is 3.95. The van der Waals surface area contributed by atoms with Crippen molar-refractivity contribution in [1.29, 1.82) is 0 Å². The normalized spacial score (nSPS) is 23.5. The molecule has 182 valence electrons. The number of carbonyl (C=O) groups excluding carboxylic acids is 1. The Hall–Kier alpha value is -3.28. The van der Waals surface area contributed by atoms with E-state index in [1.54, 1.807) is 4.90 Å². The van der Waals surface area contributed by atoms with Crippen molar-refractivity contribution in [3.8, 4) is 0 Å². The standard InChI is InChI=1S/C22H24F4N6O2/c1-12(23)3-6-19(27-2)29-20-16-10-28-17(9-18(16)31(30-20)11-22(24,25)26)21(34)32-13-4-5-14(32)8-15(33)7-13/h3,6,9-10,13-15,33H,2,4-5,7-8,11H2,1H3,(H,29,30)/b12-3+,19-6+. The van der Waals surface area contributed by atoms with Crippen molar-refractivity contribution < 1.29 is 27.5 Å². The zero-order valence-corrected chi connectivity index (χ0v) is 18.4. The number of aliphatic imine (C=N–C) groups is 1. The first-order valence-corrected chi connectivity index (χ1v) is 10.8. The number of anilines is 1. The number of nitrogens with zero attached hydrogens (tertiary/aromatic N) is 5. The highest BCUT2D eigenvalue weighted by atomic mass is 19.4. The summed E-state index contributed by atoms with van der Waals surface area (Å²) in [5.74, 6) is -0.804. The van der Waals surface area contributed by atoms with Crippen LogP contribution in [0.15, 0.2) is 41.1 Å². The maximum absolute atomic E-state index is 13.2. The summed E-state index contributed by atoms with van der Waals surface area (Å²) < 4.78 is 53.5. The summed E-state index contributed by atoms with van der Waals surface area (Å²) in [7, 11) is 0. The third-order valence-electron chi connectivity index (χ3n) is 6.01. The topological polar surface area (TPSA) is 95.6 Å². The highest BCUT2D eigenvalue weighted by Gasteiger charge is 2.43. The molecule has 2 aliphatic rings. The van der Waals surface area contributed by atoms with Crippen molar-refractivity contribution in [3.05, 3.63) is 41.8 Å². The molecule has 2 N–H and O–H groups in total. The number of rotatable bonds is 6. The quantitative estimate of drug-likeness (QED) is 0.371. The molecule has 0 saturated carbocycles. The lowest BCUT2D eigenvalue weighted by molar-refractivity contribution is -0.141. The molecule has 0 spiro atoms. The van der Waals surface area contributed by atoms with Crippen molar-refractivity contribution in [2.75, 3.05) is 5.32 Å². The third kappa shape index (κ3) is 4.96. The van der Waals surface area contributed by atoms with Crippen molar-refractivity contribution in [3.63, 3.8) is 0 Å². The Labute approximate surface area is 192 Å². The highest BCUT2D eigenvalue weighted by molar-refractivity contribution is 5.98. The minimum atomic E-state index is -4.56. The van der Waals surface area contributed by atoms with Crippen molar-refractivity contribution in [1.82, 2.24) is 19.7 Å². The van der Waals surface area contributed by atoms with Gasteiger partial charge in [0.05, 0.1) is 22.8 Å². The number of piperidine rings is 1. The fraction of sp³-hybridized carbons (Fsp3) is 0.455. The summed E-state index contributed by atoms with van der Waals surface area (Å²) in [4.78, 5) is 22.8. The Balaban J connectivity index is 1.71. The van der Waals surface area contributed by atoms with Gasteiger partial charge < -0.3 is 15.3 Å². The van der Waals surface area contributed by atoms with Gasteiger partial charge in [-0.1, -0.05) is 0 Å². The lowest BCUT2D eigenvalue weighted by Crippen LogP contribution is -2.48. The molecule has 1 amide bonds. The molecule has 2 aliphatic heterocycles. The van der Waals surface area contributed by atoms with Gasteiger partial charge in [0.2, 0.25) is 0 Å². The molecule has 2 saturated heterocycles. The van der Waals surface area contributed by atoms with E-state index in [9.17, 15) is 27.5 Å². The Morgan fingerprint density at radius 1 is 1.32 bits per heavy atom. The van der Waals surface area contributed by atoms with E-state index < -0.39 is 24.7 Å². The molecule has 2 aromatic heterocycles. The summed E-state index contributed by atoms with van der Waals surface area (Å²) in [5, 5.41) is 17.0. The van der Waals surface area contributed by atoms with Crippen LogP contribution in [0.2, 0.25) is 0 Å². The number of aliphatic hydroxyl groups excluding tert-OH is 1. The van der Waals surface area contributed by atoms with Crippen molar-refractivity contribution in [2.24, 2.45) is 4.99 Å². The minimum absolute atomic E-state index is 0.00395. The number of alkyl halides is 3. The molecular formula is C22H24F4N6O2. The fourth-order valence-corrected chi connectivity index (χ4v) is 4.63. The number of halogens is 4. The van der Waals surface area contributed by atoms with Crippen LogP contribution in [0.25, 0.3) is 10.9 Å². The molecule has 34 heavy (non-hydrogen) atoms. The molecule has 2 bridgehead atoms. The van der Waals surface area contributed by atoms with E-state index in [2.05, 4.69) is 27.1 Å². The molecule has 0 aliphatic carbocycles. The number of carbonyl (C=O) groups is 1. The van der Waals surface area contributed by atoms with Crippen LogP contribution in [-0.2, 0) is 6.54 Å². The molecule has 8 nitrogen and oxygen atoms in total. The van der Waals surface area contributed by atoms with E-state index in [1.807, 2.05) is 0 Å². The first-order valence-electron chi connectivity index (χ1n) is 10.8. The van der Waals surface area contributed by atoms with Crippen LogP contribution in [0.4, 0.5) is 23.4 Å². The van der Waals surface area contributed by atoms with Gasteiger partial charge in [-0.3, -0.25) is 14.5 Å². The van der Waals surface area contributed by atoms with Crippen LogP contribution in [0.1, 0.15) is 43.1 Å². The Morgan fingerprint density at radius 3 is 2.59 bits per heavy atom. The number of hydrogen-bond donors (Lipinski definition) is 2. The summed E-state index contributed by atoms with van der Waals surface area (Å²) in [5.41, 5.74) is 0.0625. The van der Waals surface area contributed by atoms with Crippen LogP contribution in [0.3, 0.4) is 0 Å². The molecule has 2 aromatic rings. The maximum Gasteiger partial charge on any atom is 0.408 e. The zero-order valence-electron chi connectivity index (χ0n) is 18.4. The van der Waals surface area contributed by atoms with Gasteiger partial charge >= 0.3 is 6.18 Å². The molecule has 2 unspecified atom stereocenters. The Morgan fingerprint density at radius 2 is 2.00 bits per heavy atom. The Kier molecular flexibility index (Phi) is 6.43. The largest absolute Gasteiger partial charge is 0.408 e. The summed E-state index contributed by atoms with van der Waals surface area (Å²) in [6, 6.07) is 1.06. The van der Waals surface area contributed by atoms with E-state index in [-0.39, 0.29) is 46.2 Å². The number of allylic oxidation sites excluding steroid dienone is 3. The second kappa shape index (κ2) is 9.16. The van der Waals surface area contributed by atoms with E-state index in [1.165, 1.54) is 25.3 Å². The second-order valence-electron chi connectivity index (χ2n) is 8.52. The van der Waals surface area contributed by atoms with E-state index in [0.29, 0.717) is 12.8 Å². The van der Waals surface area contributed by atoms with Gasteiger partial charge in [0.25, 0.3) is 5.91 Å². The lowest BCUT2D eigenvalue weighted by atomic mass is 9.99. The summed E-state index contributed by atoms with van der Waals surface area (Å²) >= 11 is 0. The highest BCUT2D eigenvalue weighted by Crippen LogP contribution is 2.37. The van der Waals surface area contributed by atoms with Crippen LogP contribution >= 0.6 is 0 Å². The first-order chi connectivity index (χ1) is 16.1. The number of hydrogen-bond acceptors (Lipinski definition) is 6. The zero-order chi connectivity index (χ0) is 24.6. The van der Waals surface area contributed by atoms with Crippen LogP contribution < -0.4 is 5.32 Å². The summed E-state index contributed by atoms with van der Waals surface area (Å²) in [6.07, 6.45) is 1.13. The van der Waals surface area contributed by atoms with E-state index in [0.717, 1.165) is 23.6 Å². The number of pyridine rings is 1. The molecule has 2 atom stereocenters. The van der Waals surface area contributed by atoms with Gasteiger partial charge in [0.1, 0.15) is 18.1 Å². The molecule has 0 radical (unpaired) electrons. The number of nitrogens with one attached hydrogen (secondary N) is 1. The van der Waals surface area contributed by atoms with Crippen LogP contribution in [0, 0.1) is 0 Å². The van der Waals surface area contributed by atoms with Crippen molar-refractivity contribution >= 4 is 29.3 Å². The molecule has 2 fully saturated rings. The predicted molar refractivity (Wildman–Crippen MR) is 118 cm³/mol. The molecule has 4 heterocycles. The lowest BCUT2D eigenvalue weighted by Gasteiger charge is -2.37.